The van der Waals surface area contributed by atoms with Gasteiger partial charge in [0.25, 0.3) is 5.91 Å². The molecule has 0 radical (unpaired) electrons. The highest BCUT2D eigenvalue weighted by Crippen LogP contribution is 2.52. The van der Waals surface area contributed by atoms with Crippen LogP contribution >= 0.6 is 0 Å². The number of hydrogen-bond donors (Lipinski definition) is 2. The molecule has 162 valence electrons. The molecule has 2 N–H and O–H groups in total. The number of rotatable bonds is 4. The number of fused-ring (bicyclic) bond motifs is 3. The van der Waals surface area contributed by atoms with E-state index in [1.54, 1.807) is 37.4 Å². The summed E-state index contributed by atoms with van der Waals surface area (Å²) in [6, 6.07) is 11.3. The molecular weight excluding hydrogens is 399 g/mol. The summed E-state index contributed by atoms with van der Waals surface area (Å²) in [6.07, 6.45) is 3.12. The maximum atomic E-state index is 13.1. The predicted molar refractivity (Wildman–Crippen MR) is 111 cm³/mol. The Kier molecular flexibility index (Phi) is 4.84. The standard InChI is InChI=1S/C24H25FN2O4/c1-30-18-8-9-19-21(11-18)31-24(27-23(19)29)12-15-4-5-16(24)10-20(15)22(28)26-13-14-2-6-17(25)7-3-14/h2-3,6-9,11,15-16,20H,4-5,10,12-13H2,1H3,(H,26,28)(H,27,29)/t15-,16+,20-,24+/m1/s1. The molecule has 4 aliphatic rings. The molecule has 0 aromatic heterocycles. The summed E-state index contributed by atoms with van der Waals surface area (Å²) in [5, 5.41) is 6.11. The van der Waals surface area contributed by atoms with Crippen molar-refractivity contribution in [3.63, 3.8) is 0 Å². The predicted octanol–water partition coefficient (Wildman–Crippen LogP) is 3.41. The Labute approximate surface area is 180 Å². The number of amides is 2. The molecule has 4 atom stereocenters. The molecule has 3 aliphatic carbocycles. The van der Waals surface area contributed by atoms with Crippen LogP contribution in [0.3, 0.4) is 0 Å². The van der Waals surface area contributed by atoms with Gasteiger partial charge in [-0.15, -0.1) is 0 Å². The van der Waals surface area contributed by atoms with Gasteiger partial charge in [0.05, 0.1) is 12.7 Å². The van der Waals surface area contributed by atoms with Gasteiger partial charge in [0, 0.05) is 30.9 Å². The van der Waals surface area contributed by atoms with Gasteiger partial charge in [-0.3, -0.25) is 9.59 Å². The van der Waals surface area contributed by atoms with Crippen LogP contribution in [0.5, 0.6) is 11.5 Å². The van der Waals surface area contributed by atoms with E-state index in [1.165, 1.54) is 12.1 Å². The number of halogens is 1. The molecule has 6 nitrogen and oxygen atoms in total. The van der Waals surface area contributed by atoms with Crippen LogP contribution in [0.4, 0.5) is 4.39 Å². The second kappa shape index (κ2) is 7.55. The second-order valence-corrected chi connectivity index (χ2v) is 8.73. The van der Waals surface area contributed by atoms with E-state index < -0.39 is 5.72 Å². The number of methoxy groups -OCH3 is 1. The van der Waals surface area contributed by atoms with Gasteiger partial charge in [-0.2, -0.15) is 0 Å². The molecule has 3 saturated carbocycles. The van der Waals surface area contributed by atoms with Crippen molar-refractivity contribution in [3.05, 3.63) is 59.4 Å². The Hall–Kier alpha value is -3.09. The van der Waals surface area contributed by atoms with E-state index >= 15 is 0 Å². The van der Waals surface area contributed by atoms with Crippen molar-refractivity contribution in [1.29, 1.82) is 0 Å². The first kappa shape index (κ1) is 19.8. The van der Waals surface area contributed by atoms with Crippen molar-refractivity contribution >= 4 is 11.8 Å². The molecule has 3 fully saturated rings. The topological polar surface area (TPSA) is 76.7 Å². The molecule has 2 aromatic rings. The minimum Gasteiger partial charge on any atom is -0.497 e. The van der Waals surface area contributed by atoms with Crippen LogP contribution < -0.4 is 20.1 Å². The third kappa shape index (κ3) is 3.52. The van der Waals surface area contributed by atoms with Crippen molar-refractivity contribution in [1.82, 2.24) is 10.6 Å². The second-order valence-electron chi connectivity index (χ2n) is 8.73. The molecule has 0 unspecified atom stereocenters. The van der Waals surface area contributed by atoms with E-state index in [0.717, 1.165) is 18.4 Å². The fourth-order valence-corrected chi connectivity index (χ4v) is 5.36. The van der Waals surface area contributed by atoms with Crippen molar-refractivity contribution in [2.24, 2.45) is 17.8 Å². The minimum atomic E-state index is -0.771. The minimum absolute atomic E-state index is 0.0121. The van der Waals surface area contributed by atoms with Crippen LogP contribution in [-0.2, 0) is 11.3 Å². The average Bonchev–Trinajstić information content (AvgIpc) is 2.78. The zero-order valence-corrected chi connectivity index (χ0v) is 17.3. The lowest BCUT2D eigenvalue weighted by atomic mass is 9.60. The van der Waals surface area contributed by atoms with Crippen molar-refractivity contribution in [3.8, 4) is 11.5 Å². The smallest absolute Gasteiger partial charge is 0.258 e. The Bertz CT molecular complexity index is 1020. The quantitative estimate of drug-likeness (QED) is 0.789. The van der Waals surface area contributed by atoms with E-state index in [1.807, 2.05) is 0 Å². The molecular formula is C24H25FN2O4. The average molecular weight is 424 g/mol. The van der Waals surface area contributed by atoms with Crippen LogP contribution in [0.15, 0.2) is 42.5 Å². The van der Waals surface area contributed by atoms with Gasteiger partial charge in [-0.1, -0.05) is 12.1 Å². The van der Waals surface area contributed by atoms with Gasteiger partial charge < -0.3 is 20.1 Å². The fourth-order valence-electron chi connectivity index (χ4n) is 5.36. The SMILES string of the molecule is COc1ccc2c(c1)O[C@]1(C[C@H]3CC[C@H]1C[C@H]3C(=O)NCc1ccc(F)cc1)NC2=O. The monoisotopic (exact) mass is 424 g/mol. The van der Waals surface area contributed by atoms with Crippen LogP contribution in [0.1, 0.15) is 41.6 Å². The molecule has 2 aromatic carbocycles. The zero-order valence-electron chi connectivity index (χ0n) is 17.3. The lowest BCUT2D eigenvalue weighted by Crippen LogP contribution is -2.66. The summed E-state index contributed by atoms with van der Waals surface area (Å²) >= 11 is 0. The third-order valence-electron chi connectivity index (χ3n) is 6.99. The fraction of sp³-hybridized carbons (Fsp3) is 0.417. The summed E-state index contributed by atoms with van der Waals surface area (Å²) in [6.45, 7) is 0.374. The molecule has 1 aliphatic heterocycles. The molecule has 31 heavy (non-hydrogen) atoms. The van der Waals surface area contributed by atoms with E-state index in [-0.39, 0.29) is 35.4 Å². The highest BCUT2D eigenvalue weighted by atomic mass is 19.1. The highest BCUT2D eigenvalue weighted by molar-refractivity contribution is 5.98. The van der Waals surface area contributed by atoms with Gasteiger partial charge in [-0.05, 0) is 55.0 Å². The summed E-state index contributed by atoms with van der Waals surface area (Å²) < 4.78 is 24.8. The summed E-state index contributed by atoms with van der Waals surface area (Å²) in [5.74, 6) is 0.825. The normalized spacial score (nSPS) is 28.5. The molecule has 1 heterocycles. The maximum absolute atomic E-state index is 13.1. The highest BCUT2D eigenvalue weighted by Gasteiger charge is 2.57. The van der Waals surface area contributed by atoms with E-state index in [4.69, 9.17) is 9.47 Å². The lowest BCUT2D eigenvalue weighted by molar-refractivity contribution is -0.146. The number of carbonyl (C=O) groups excluding carboxylic acids is 2. The van der Waals surface area contributed by atoms with Gasteiger partial charge in [0.2, 0.25) is 5.91 Å². The van der Waals surface area contributed by atoms with Gasteiger partial charge in [0.1, 0.15) is 17.3 Å². The van der Waals surface area contributed by atoms with E-state index in [9.17, 15) is 14.0 Å². The van der Waals surface area contributed by atoms with Gasteiger partial charge in [0.15, 0.2) is 5.72 Å². The first-order valence-electron chi connectivity index (χ1n) is 10.7. The number of benzene rings is 2. The van der Waals surface area contributed by atoms with Crippen molar-refractivity contribution in [2.75, 3.05) is 7.11 Å². The Morgan fingerprint density at radius 1 is 1.26 bits per heavy atom. The Morgan fingerprint density at radius 2 is 2.06 bits per heavy atom. The van der Waals surface area contributed by atoms with E-state index in [2.05, 4.69) is 10.6 Å². The van der Waals surface area contributed by atoms with Crippen molar-refractivity contribution in [2.45, 2.75) is 38.0 Å². The van der Waals surface area contributed by atoms with Crippen LogP contribution in [-0.4, -0.2) is 24.6 Å². The van der Waals surface area contributed by atoms with Crippen LogP contribution in [0.25, 0.3) is 0 Å². The van der Waals surface area contributed by atoms with Crippen LogP contribution in [0, 0.1) is 23.6 Å². The molecule has 7 heteroatoms. The zero-order chi connectivity index (χ0) is 21.6. The van der Waals surface area contributed by atoms with E-state index in [0.29, 0.717) is 36.4 Å². The van der Waals surface area contributed by atoms with Crippen LogP contribution in [0.2, 0.25) is 0 Å². The largest absolute Gasteiger partial charge is 0.497 e. The Balaban J connectivity index is 1.30. The van der Waals surface area contributed by atoms with Gasteiger partial charge >= 0.3 is 0 Å². The Morgan fingerprint density at radius 3 is 2.77 bits per heavy atom. The molecule has 2 amide bonds. The maximum Gasteiger partial charge on any atom is 0.258 e. The number of carbonyl (C=O) groups is 2. The first-order valence-corrected chi connectivity index (χ1v) is 10.7. The molecule has 0 saturated heterocycles. The molecule has 1 spiro atoms. The molecule has 2 bridgehead atoms. The van der Waals surface area contributed by atoms with Gasteiger partial charge in [-0.25, -0.2) is 4.39 Å². The molecule has 6 rings (SSSR count). The number of hydrogen-bond acceptors (Lipinski definition) is 4. The lowest BCUT2D eigenvalue weighted by Gasteiger charge is -2.55. The number of ether oxygens (including phenoxy) is 2. The summed E-state index contributed by atoms with van der Waals surface area (Å²) in [5.41, 5.74) is 0.592. The van der Waals surface area contributed by atoms with Crippen molar-refractivity contribution < 1.29 is 23.5 Å². The number of nitrogens with one attached hydrogen (secondary N) is 2. The first-order chi connectivity index (χ1) is 15.0. The summed E-state index contributed by atoms with van der Waals surface area (Å²) in [7, 11) is 1.58. The summed E-state index contributed by atoms with van der Waals surface area (Å²) in [4.78, 5) is 25.7. The third-order valence-corrected chi connectivity index (χ3v) is 6.99.